The minimum Gasteiger partial charge on any atom is -0.465 e. The predicted molar refractivity (Wildman–Crippen MR) is 134 cm³/mol. The SMILES string of the molecule is CN(CCN1CCC(N(C(=O)O)c2ccccc2-c2ccccc2)CC1)C(=O)CCCCC=O. The predicted octanol–water partition coefficient (Wildman–Crippen LogP) is 4.52. The van der Waals surface area contributed by atoms with E-state index in [1.165, 1.54) is 4.90 Å². The summed E-state index contributed by atoms with van der Waals surface area (Å²) in [4.78, 5) is 40.6. The number of nitrogens with zero attached hydrogens (tertiary/aromatic N) is 3. The van der Waals surface area contributed by atoms with Crippen LogP contribution in [0, 0.1) is 0 Å². The molecule has 34 heavy (non-hydrogen) atoms. The zero-order chi connectivity index (χ0) is 24.3. The molecule has 0 bridgehead atoms. The van der Waals surface area contributed by atoms with Crippen LogP contribution in [0.25, 0.3) is 11.1 Å². The standard InChI is InChI=1S/C27H35N3O4/c1-28(26(32)14-6-3-9-21-31)19-20-29-17-15-23(16-18-29)30(27(33)34)25-13-8-7-12-24(25)22-10-4-2-5-11-22/h2,4-5,7-8,10-13,21,23H,3,6,9,14-20H2,1H3,(H,33,34). The van der Waals surface area contributed by atoms with Gasteiger partial charge in [-0.15, -0.1) is 0 Å². The summed E-state index contributed by atoms with van der Waals surface area (Å²) in [5, 5.41) is 10.1. The van der Waals surface area contributed by atoms with E-state index in [9.17, 15) is 19.5 Å². The first kappa shape index (κ1) is 25.4. The molecule has 1 N–H and O–H groups in total. The van der Waals surface area contributed by atoms with Crippen LogP contribution in [-0.4, -0.2) is 72.5 Å². The Balaban J connectivity index is 1.56. The molecule has 7 nitrogen and oxygen atoms in total. The van der Waals surface area contributed by atoms with Crippen molar-refractivity contribution in [2.24, 2.45) is 0 Å². The molecule has 0 atom stereocenters. The van der Waals surface area contributed by atoms with Crippen molar-refractivity contribution in [3.8, 4) is 11.1 Å². The van der Waals surface area contributed by atoms with Gasteiger partial charge >= 0.3 is 6.09 Å². The molecule has 3 rings (SSSR count). The molecule has 2 amide bonds. The third-order valence-corrected chi connectivity index (χ3v) is 6.52. The van der Waals surface area contributed by atoms with Gasteiger partial charge in [0.2, 0.25) is 5.91 Å². The Morgan fingerprint density at radius 2 is 1.71 bits per heavy atom. The second kappa shape index (κ2) is 12.9. The number of carboxylic acid groups (broad SMARTS) is 1. The molecule has 0 aromatic heterocycles. The fourth-order valence-electron chi connectivity index (χ4n) is 4.51. The number of likely N-dealkylation sites (tertiary alicyclic amines) is 1. The fourth-order valence-corrected chi connectivity index (χ4v) is 4.51. The molecule has 1 aliphatic heterocycles. The van der Waals surface area contributed by atoms with Gasteiger partial charge < -0.3 is 19.7 Å². The van der Waals surface area contributed by atoms with Crippen LogP contribution < -0.4 is 4.90 Å². The first-order chi connectivity index (χ1) is 16.5. The number of benzene rings is 2. The van der Waals surface area contributed by atoms with Crippen molar-refractivity contribution in [2.75, 3.05) is 38.1 Å². The van der Waals surface area contributed by atoms with Crippen LogP contribution in [0.15, 0.2) is 54.6 Å². The van der Waals surface area contributed by atoms with Crippen LogP contribution in [0.4, 0.5) is 10.5 Å². The minimum absolute atomic E-state index is 0.0872. The van der Waals surface area contributed by atoms with E-state index in [2.05, 4.69) is 4.90 Å². The van der Waals surface area contributed by atoms with Gasteiger partial charge in [-0.1, -0.05) is 48.5 Å². The maximum Gasteiger partial charge on any atom is 0.412 e. The molecule has 1 heterocycles. The van der Waals surface area contributed by atoms with Crippen molar-refractivity contribution in [2.45, 2.75) is 44.6 Å². The molecule has 7 heteroatoms. The highest BCUT2D eigenvalue weighted by Gasteiger charge is 2.30. The summed E-state index contributed by atoms with van der Waals surface area (Å²) in [5.74, 6) is 0.107. The van der Waals surface area contributed by atoms with E-state index >= 15 is 0 Å². The number of likely N-dealkylation sites (N-methyl/N-ethyl adjacent to an activating group) is 1. The number of carbonyl (C=O) groups excluding carboxylic acids is 2. The van der Waals surface area contributed by atoms with Crippen molar-refractivity contribution < 1.29 is 19.5 Å². The topological polar surface area (TPSA) is 81.2 Å². The van der Waals surface area contributed by atoms with Crippen molar-refractivity contribution >= 4 is 24.0 Å². The van der Waals surface area contributed by atoms with Crippen LogP contribution in [0.5, 0.6) is 0 Å². The van der Waals surface area contributed by atoms with E-state index < -0.39 is 6.09 Å². The zero-order valence-corrected chi connectivity index (χ0v) is 19.9. The van der Waals surface area contributed by atoms with Gasteiger partial charge in [-0.3, -0.25) is 9.69 Å². The van der Waals surface area contributed by atoms with Crippen molar-refractivity contribution in [3.63, 3.8) is 0 Å². The number of carbonyl (C=O) groups is 3. The van der Waals surface area contributed by atoms with Gasteiger partial charge in [0.15, 0.2) is 0 Å². The van der Waals surface area contributed by atoms with Gasteiger partial charge in [0.05, 0.1) is 5.69 Å². The number of para-hydroxylation sites is 1. The Hall–Kier alpha value is -3.19. The lowest BCUT2D eigenvalue weighted by Gasteiger charge is -2.38. The molecule has 1 saturated heterocycles. The third-order valence-electron chi connectivity index (χ3n) is 6.52. The van der Waals surface area contributed by atoms with E-state index in [0.717, 1.165) is 68.4 Å². The van der Waals surface area contributed by atoms with Crippen molar-refractivity contribution in [1.29, 1.82) is 0 Å². The number of unbranched alkanes of at least 4 members (excludes halogenated alkanes) is 2. The second-order valence-corrected chi connectivity index (χ2v) is 8.84. The molecule has 1 aliphatic rings. The highest BCUT2D eigenvalue weighted by Crippen LogP contribution is 2.34. The van der Waals surface area contributed by atoms with Gasteiger partial charge in [-0.25, -0.2) is 4.79 Å². The van der Waals surface area contributed by atoms with Crippen LogP contribution in [0.1, 0.15) is 38.5 Å². The molecule has 1 fully saturated rings. The first-order valence-corrected chi connectivity index (χ1v) is 12.1. The maximum absolute atomic E-state index is 12.3. The molecule has 2 aromatic rings. The van der Waals surface area contributed by atoms with Gasteiger partial charge in [0.1, 0.15) is 6.29 Å². The lowest BCUT2D eigenvalue weighted by atomic mass is 9.98. The van der Waals surface area contributed by atoms with Gasteiger partial charge in [0.25, 0.3) is 0 Å². The second-order valence-electron chi connectivity index (χ2n) is 8.84. The first-order valence-electron chi connectivity index (χ1n) is 12.1. The number of anilines is 1. The molecule has 0 radical (unpaired) electrons. The summed E-state index contributed by atoms with van der Waals surface area (Å²) in [6, 6.07) is 17.5. The molecule has 0 unspecified atom stereocenters. The molecule has 0 saturated carbocycles. The number of aldehydes is 1. The average Bonchev–Trinajstić information content (AvgIpc) is 2.86. The molecular formula is C27H35N3O4. The Kier molecular flexibility index (Phi) is 9.64. The van der Waals surface area contributed by atoms with Crippen LogP contribution >= 0.6 is 0 Å². The number of piperidine rings is 1. The molecule has 0 aliphatic carbocycles. The van der Waals surface area contributed by atoms with E-state index in [-0.39, 0.29) is 11.9 Å². The average molecular weight is 466 g/mol. The van der Waals surface area contributed by atoms with Gasteiger partial charge in [-0.05, 0) is 37.3 Å². The summed E-state index contributed by atoms with van der Waals surface area (Å²) in [6.45, 7) is 3.01. The fraction of sp³-hybridized carbons (Fsp3) is 0.444. The Bertz CT molecular complexity index is 942. The smallest absolute Gasteiger partial charge is 0.412 e. The van der Waals surface area contributed by atoms with Crippen LogP contribution in [0.3, 0.4) is 0 Å². The Morgan fingerprint density at radius 1 is 1.03 bits per heavy atom. The summed E-state index contributed by atoms with van der Waals surface area (Å²) < 4.78 is 0. The minimum atomic E-state index is -0.929. The Morgan fingerprint density at radius 3 is 2.38 bits per heavy atom. The van der Waals surface area contributed by atoms with E-state index in [1.807, 2.05) is 61.6 Å². The lowest BCUT2D eigenvalue weighted by Crippen LogP contribution is -2.48. The summed E-state index contributed by atoms with van der Waals surface area (Å²) in [5.41, 5.74) is 2.64. The zero-order valence-electron chi connectivity index (χ0n) is 19.9. The summed E-state index contributed by atoms with van der Waals surface area (Å²) >= 11 is 0. The maximum atomic E-state index is 12.3. The number of rotatable bonds is 11. The monoisotopic (exact) mass is 465 g/mol. The molecule has 182 valence electrons. The normalized spacial score (nSPS) is 14.5. The number of hydrogen-bond donors (Lipinski definition) is 1. The van der Waals surface area contributed by atoms with E-state index in [1.54, 1.807) is 4.90 Å². The number of amides is 2. The highest BCUT2D eigenvalue weighted by atomic mass is 16.4. The molecule has 0 spiro atoms. The highest BCUT2D eigenvalue weighted by molar-refractivity contribution is 5.93. The van der Waals surface area contributed by atoms with E-state index in [0.29, 0.717) is 19.4 Å². The summed E-state index contributed by atoms with van der Waals surface area (Å²) in [7, 11) is 1.82. The largest absolute Gasteiger partial charge is 0.465 e. The van der Waals surface area contributed by atoms with E-state index in [4.69, 9.17) is 0 Å². The Labute approximate surface area is 202 Å². The van der Waals surface area contributed by atoms with Gasteiger partial charge in [-0.2, -0.15) is 0 Å². The van der Waals surface area contributed by atoms with Crippen molar-refractivity contribution in [1.82, 2.24) is 9.80 Å². The van der Waals surface area contributed by atoms with Crippen LogP contribution in [-0.2, 0) is 9.59 Å². The summed E-state index contributed by atoms with van der Waals surface area (Å²) in [6.07, 6.45) is 3.94. The lowest BCUT2D eigenvalue weighted by molar-refractivity contribution is -0.130. The van der Waals surface area contributed by atoms with Gasteiger partial charge in [0, 0.05) is 57.7 Å². The number of hydrogen-bond acceptors (Lipinski definition) is 4. The molecular weight excluding hydrogens is 430 g/mol. The molecule has 2 aromatic carbocycles. The quantitative estimate of drug-likeness (QED) is 0.390. The third kappa shape index (κ3) is 6.90. The van der Waals surface area contributed by atoms with Crippen LogP contribution in [0.2, 0.25) is 0 Å². The van der Waals surface area contributed by atoms with Crippen molar-refractivity contribution in [3.05, 3.63) is 54.6 Å².